The van der Waals surface area contributed by atoms with E-state index in [9.17, 15) is 57.8 Å². The fraction of sp³-hybridized carbons (Fsp3) is 0.478. The summed E-state index contributed by atoms with van der Waals surface area (Å²) in [5.41, 5.74) is 28.1. The van der Waals surface area contributed by atoms with Gasteiger partial charge in [0.25, 0.3) is 0 Å². The minimum Gasteiger partial charge on any atom is -0.508 e. The lowest BCUT2D eigenvalue weighted by Gasteiger charge is -2.31. The van der Waals surface area contributed by atoms with Crippen molar-refractivity contribution in [2.75, 3.05) is 31.1 Å². The number of nitrogens with two attached hydrogens (primary N) is 5. The highest BCUT2D eigenvalue weighted by Crippen LogP contribution is 2.26. The van der Waals surface area contributed by atoms with Crippen molar-refractivity contribution in [2.24, 2.45) is 33.7 Å². The third-order valence-corrected chi connectivity index (χ3v) is 13.9. The molecule has 2 aliphatic rings. The van der Waals surface area contributed by atoms with Gasteiger partial charge in [0.15, 0.2) is 5.96 Å². The van der Waals surface area contributed by atoms with Gasteiger partial charge in [-0.25, -0.2) is 0 Å². The first-order valence-corrected chi connectivity index (χ1v) is 26.0. The summed E-state index contributed by atoms with van der Waals surface area (Å²) in [6.45, 7) is -0.402. The van der Waals surface area contributed by atoms with Crippen molar-refractivity contribution in [3.63, 3.8) is 0 Å². The van der Waals surface area contributed by atoms with Crippen LogP contribution in [-0.4, -0.2) is 154 Å². The molecule has 2 heterocycles. The molecular formula is C46H64N14O12S2. The van der Waals surface area contributed by atoms with E-state index in [0.29, 0.717) is 17.5 Å². The Balaban J connectivity index is 1.68. The van der Waals surface area contributed by atoms with Gasteiger partial charge >= 0.3 is 0 Å². The van der Waals surface area contributed by atoms with Gasteiger partial charge < -0.3 is 75.9 Å². The minimum atomic E-state index is -1.77. The highest BCUT2D eigenvalue weighted by atomic mass is 33.1. The number of guanidine groups is 1. The number of hydrogen-bond acceptors (Lipinski definition) is 15. The summed E-state index contributed by atoms with van der Waals surface area (Å²) in [6, 6.07) is 4.52. The average molecular weight is 1070 g/mol. The Hall–Kier alpha value is -7.62. The lowest BCUT2D eigenvalue weighted by Crippen LogP contribution is -2.61. The first-order chi connectivity index (χ1) is 35.2. The first-order valence-electron chi connectivity index (χ1n) is 23.6. The largest absolute Gasteiger partial charge is 0.508 e. The molecule has 0 bridgehead atoms. The summed E-state index contributed by atoms with van der Waals surface area (Å²) >= 11 is 0. The molecule has 2 aliphatic heterocycles. The normalized spacial score (nSPS) is 21.7. The molecule has 74 heavy (non-hydrogen) atoms. The van der Waals surface area contributed by atoms with Crippen molar-refractivity contribution < 1.29 is 57.8 Å². The second-order valence-corrected chi connectivity index (χ2v) is 20.0. The Bertz CT molecular complexity index is 2380. The fourth-order valence-corrected chi connectivity index (χ4v) is 9.93. The standard InChI is InChI=1S/C46H64N14O12S2/c47-35(62)15-14-29-40(67)58-32(22-36(48)63)43(70)59-33(45(72)60-18-5-9-34(60)44(71)56-28(8-4-17-52-46(50)51)39(66)53-23-37(49)64)24-74-73-19-16-38(65)54-30(21-26-10-12-27(61)13-11-26)41(68)57-31(42(69)55-29)20-25-6-2-1-3-7-25/h1-3,6-7,10-13,28-34,61H,4-5,8-9,14-24H2,(H2,47,62)(H2,48,63)(H2,49,64)(H,53,66)(H,54,65)(H,55,69)(H,56,71)(H,57,68)(H,58,67)(H,59,70)(H4,50,51,52)/t28-,29?,30?,31-,32?,33+,34+/m1/s1. The lowest BCUT2D eigenvalue weighted by molar-refractivity contribution is -0.142. The fourth-order valence-electron chi connectivity index (χ4n) is 7.78. The smallest absolute Gasteiger partial charge is 0.246 e. The molecule has 0 aliphatic carbocycles. The predicted molar refractivity (Wildman–Crippen MR) is 272 cm³/mol. The van der Waals surface area contributed by atoms with Crippen molar-refractivity contribution in [1.82, 2.24) is 42.1 Å². The number of likely N-dealkylation sites (tertiary alicyclic amines) is 1. The summed E-state index contributed by atoms with van der Waals surface area (Å²) in [7, 11) is 2.19. The zero-order chi connectivity index (χ0) is 54.3. The van der Waals surface area contributed by atoms with Crippen molar-refractivity contribution in [1.29, 1.82) is 0 Å². The van der Waals surface area contributed by atoms with Crippen molar-refractivity contribution in [2.45, 2.75) is 107 Å². The van der Waals surface area contributed by atoms with Gasteiger partial charge in [0, 0.05) is 50.3 Å². The third-order valence-electron chi connectivity index (χ3n) is 11.5. The molecule has 0 spiro atoms. The number of aliphatic imine (C=N–C) groups is 1. The number of primary amides is 3. The number of phenols is 1. The minimum absolute atomic E-state index is 0.0128. The second kappa shape index (κ2) is 29.8. The van der Waals surface area contributed by atoms with Crippen LogP contribution in [-0.2, 0) is 65.6 Å². The average Bonchev–Trinajstić information content (AvgIpc) is 3.85. The molecule has 4 rings (SSSR count). The van der Waals surface area contributed by atoms with Crippen molar-refractivity contribution in [3.8, 4) is 5.75 Å². The Kier molecular flexibility index (Phi) is 23.7. The van der Waals surface area contributed by atoms with Crippen LogP contribution in [0.3, 0.4) is 0 Å². The summed E-state index contributed by atoms with van der Waals surface area (Å²) in [6.07, 6.45) is -1.34. The van der Waals surface area contributed by atoms with Crippen LogP contribution in [0.25, 0.3) is 0 Å². The number of aromatic hydroxyl groups is 1. The molecule has 0 aromatic heterocycles. The van der Waals surface area contributed by atoms with E-state index in [1.54, 1.807) is 42.5 Å². The van der Waals surface area contributed by atoms with Crippen LogP contribution in [0.2, 0.25) is 0 Å². The number of carbonyl (C=O) groups excluding carboxylic acids is 11. The molecule has 11 amide bonds. The number of nitrogens with zero attached hydrogens (tertiary/aromatic N) is 2. The first kappa shape index (κ1) is 58.9. The molecule has 2 aromatic carbocycles. The lowest BCUT2D eigenvalue weighted by atomic mass is 10.0. The Labute approximate surface area is 433 Å². The second-order valence-electron chi connectivity index (χ2n) is 17.3. The van der Waals surface area contributed by atoms with E-state index in [2.05, 4.69) is 42.2 Å². The summed E-state index contributed by atoms with van der Waals surface area (Å²) in [5, 5.41) is 27.8. The van der Waals surface area contributed by atoms with E-state index in [1.807, 2.05) is 0 Å². The molecule has 26 nitrogen and oxygen atoms in total. The van der Waals surface area contributed by atoms with Crippen LogP contribution in [0.5, 0.6) is 5.75 Å². The van der Waals surface area contributed by atoms with Gasteiger partial charge in [-0.15, -0.1) is 0 Å². The van der Waals surface area contributed by atoms with Gasteiger partial charge in [-0.2, -0.15) is 0 Å². The van der Waals surface area contributed by atoms with Crippen molar-refractivity contribution in [3.05, 3.63) is 65.7 Å². The van der Waals surface area contributed by atoms with Crippen LogP contribution < -0.4 is 65.9 Å². The summed E-state index contributed by atoms with van der Waals surface area (Å²) < 4.78 is 0. The molecule has 18 N–H and O–H groups in total. The van der Waals surface area contributed by atoms with Gasteiger partial charge in [-0.1, -0.05) is 64.1 Å². The van der Waals surface area contributed by atoms with Crippen LogP contribution in [0.15, 0.2) is 59.6 Å². The maximum atomic E-state index is 14.6. The quantitative estimate of drug-likeness (QED) is 0.0274. The van der Waals surface area contributed by atoms with Crippen molar-refractivity contribution >= 4 is 92.5 Å². The SMILES string of the molecule is NC(=O)CCC1NC(=O)[C@@H](Cc2ccccc2)NC(=O)C(Cc2ccc(O)cc2)NC(=O)CCSSC[C@@H](C(=O)N2CCC[C@H]2C(=O)N[C@H](CCCN=C(N)N)C(=O)NCC(N)=O)NC(=O)C(CC(N)=O)NC1=O. The molecule has 2 saturated heterocycles. The molecule has 7 atom stereocenters. The molecule has 28 heteroatoms. The Morgan fingerprint density at radius 1 is 0.730 bits per heavy atom. The predicted octanol–water partition coefficient (Wildman–Crippen LogP) is -4.34. The third kappa shape index (κ3) is 20.1. The van der Waals surface area contributed by atoms with Crippen LogP contribution in [0.4, 0.5) is 0 Å². The van der Waals surface area contributed by atoms with E-state index in [4.69, 9.17) is 28.7 Å². The molecule has 2 fully saturated rings. The Morgan fingerprint density at radius 3 is 1.97 bits per heavy atom. The van der Waals surface area contributed by atoms with Gasteiger partial charge in [0.2, 0.25) is 65.0 Å². The molecule has 402 valence electrons. The number of benzene rings is 2. The van der Waals surface area contributed by atoms with E-state index >= 15 is 0 Å². The number of nitrogens with one attached hydrogen (secondary N) is 7. The zero-order valence-electron chi connectivity index (χ0n) is 40.4. The number of rotatable bonds is 19. The maximum Gasteiger partial charge on any atom is 0.246 e. The number of amides is 11. The summed E-state index contributed by atoms with van der Waals surface area (Å²) in [5.74, 6) is -9.75. The number of phenolic OH excluding ortho intramolecular Hbond substituents is 1. The summed E-state index contributed by atoms with van der Waals surface area (Å²) in [4.78, 5) is 153. The van der Waals surface area contributed by atoms with E-state index in [1.165, 1.54) is 17.0 Å². The molecule has 0 saturated carbocycles. The topological polar surface area (TPSA) is 438 Å². The maximum absolute atomic E-state index is 14.6. The van der Waals surface area contributed by atoms with E-state index in [-0.39, 0.29) is 74.8 Å². The number of carbonyl (C=O) groups is 11. The highest BCUT2D eigenvalue weighted by molar-refractivity contribution is 8.76. The van der Waals surface area contributed by atoms with Gasteiger partial charge in [0.1, 0.15) is 48.0 Å². The van der Waals surface area contributed by atoms with Crippen LogP contribution >= 0.6 is 21.6 Å². The van der Waals surface area contributed by atoms with Gasteiger partial charge in [-0.05, 0) is 55.4 Å². The molecule has 0 radical (unpaired) electrons. The van der Waals surface area contributed by atoms with Crippen LogP contribution in [0, 0.1) is 0 Å². The van der Waals surface area contributed by atoms with Gasteiger partial charge in [0.05, 0.1) is 13.0 Å². The monoisotopic (exact) mass is 1070 g/mol. The number of hydrogen-bond donors (Lipinski definition) is 13. The van der Waals surface area contributed by atoms with E-state index in [0.717, 1.165) is 21.6 Å². The molecular weight excluding hydrogens is 1000 g/mol. The van der Waals surface area contributed by atoms with E-state index < -0.39 is 133 Å². The zero-order valence-corrected chi connectivity index (χ0v) is 42.0. The Morgan fingerprint density at radius 2 is 1.34 bits per heavy atom. The van der Waals surface area contributed by atoms with Gasteiger partial charge in [-0.3, -0.25) is 57.7 Å². The molecule has 3 unspecified atom stereocenters. The molecule has 2 aromatic rings. The van der Waals surface area contributed by atoms with Crippen LogP contribution in [0.1, 0.15) is 62.5 Å². The highest BCUT2D eigenvalue weighted by Gasteiger charge is 2.40.